The van der Waals surface area contributed by atoms with Crippen LogP contribution < -0.4 is 14.4 Å². The number of ether oxygens (including phenoxy) is 1. The maximum absolute atomic E-state index is 14.3. The Morgan fingerprint density at radius 3 is 2.00 bits per heavy atom. The van der Waals surface area contributed by atoms with Gasteiger partial charge in [0.2, 0.25) is 11.8 Å². The quantitative estimate of drug-likeness (QED) is 0.163. The highest BCUT2D eigenvalue weighted by atomic mass is 35.5. The molecule has 0 saturated heterocycles. The molecule has 0 aromatic heterocycles. The molecule has 1 N–H and O–H groups in total. The molecule has 4 aromatic rings. The molecule has 0 unspecified atom stereocenters. The Hall–Kier alpha value is -4.05. The zero-order chi connectivity index (χ0) is 33.4. The van der Waals surface area contributed by atoms with Gasteiger partial charge in [0, 0.05) is 28.2 Å². The lowest BCUT2D eigenvalue weighted by Crippen LogP contribution is -2.53. The van der Waals surface area contributed by atoms with Crippen molar-refractivity contribution in [1.29, 1.82) is 0 Å². The summed E-state index contributed by atoms with van der Waals surface area (Å²) in [6.07, 6.45) is 4.92. The largest absolute Gasteiger partial charge is 0.457 e. The lowest BCUT2D eigenvalue weighted by atomic mass is 9.95. The summed E-state index contributed by atoms with van der Waals surface area (Å²) in [7, 11) is -4.22. The van der Waals surface area contributed by atoms with Crippen LogP contribution in [0, 0.1) is 0 Å². The summed E-state index contributed by atoms with van der Waals surface area (Å²) in [5.41, 5.74) is 0.707. The number of anilines is 1. The van der Waals surface area contributed by atoms with Crippen LogP contribution in [-0.4, -0.2) is 43.8 Å². The van der Waals surface area contributed by atoms with Gasteiger partial charge in [0.25, 0.3) is 10.0 Å². The minimum absolute atomic E-state index is 0.0150. The molecule has 0 heterocycles. The molecule has 0 bridgehead atoms. The normalized spacial score (nSPS) is 14.2. The summed E-state index contributed by atoms with van der Waals surface area (Å²) in [4.78, 5) is 29.2. The van der Waals surface area contributed by atoms with Crippen molar-refractivity contribution in [3.8, 4) is 11.5 Å². The molecule has 0 spiro atoms. The second-order valence-corrected chi connectivity index (χ2v) is 14.2. The maximum atomic E-state index is 14.3. The van der Waals surface area contributed by atoms with E-state index in [-0.39, 0.29) is 29.1 Å². The van der Waals surface area contributed by atoms with Crippen LogP contribution >= 0.6 is 23.2 Å². The number of rotatable bonds is 12. The molecule has 246 valence electrons. The Balaban J connectivity index is 1.47. The number of para-hydroxylation sites is 1. The topological polar surface area (TPSA) is 96.0 Å². The van der Waals surface area contributed by atoms with E-state index < -0.39 is 28.5 Å². The SMILES string of the molecule is C[C@@H](C(=O)NC1CCCCC1)N(Cc1c(Cl)cccc1Cl)C(=O)CN(c1ccc(Oc2ccccc2)cc1)S(=O)(=O)c1ccccc1. The number of hydrogen-bond donors (Lipinski definition) is 1. The number of nitrogens with zero attached hydrogens (tertiary/aromatic N) is 2. The average Bonchev–Trinajstić information content (AvgIpc) is 3.08. The van der Waals surface area contributed by atoms with Gasteiger partial charge in [-0.1, -0.05) is 84.9 Å². The molecule has 11 heteroatoms. The van der Waals surface area contributed by atoms with E-state index in [2.05, 4.69) is 5.32 Å². The number of amides is 2. The summed E-state index contributed by atoms with van der Waals surface area (Å²) in [6, 6.07) is 27.6. The number of hydrogen-bond acceptors (Lipinski definition) is 5. The third kappa shape index (κ3) is 8.66. The number of benzene rings is 4. The molecule has 1 saturated carbocycles. The van der Waals surface area contributed by atoms with Crippen LogP contribution in [-0.2, 0) is 26.2 Å². The minimum Gasteiger partial charge on any atom is -0.457 e. The molecular weight excluding hydrogens is 657 g/mol. The third-order valence-corrected chi connectivity index (χ3v) is 10.7. The molecule has 1 aliphatic rings. The number of sulfonamides is 1. The van der Waals surface area contributed by atoms with Gasteiger partial charge in [-0.15, -0.1) is 0 Å². The van der Waals surface area contributed by atoms with Crippen LogP contribution in [0.4, 0.5) is 5.69 Å². The van der Waals surface area contributed by atoms with Crippen LogP contribution in [0.2, 0.25) is 10.0 Å². The Morgan fingerprint density at radius 1 is 0.809 bits per heavy atom. The molecular formula is C36H37Cl2N3O5S. The van der Waals surface area contributed by atoms with E-state index >= 15 is 0 Å². The lowest BCUT2D eigenvalue weighted by Gasteiger charge is -2.33. The second kappa shape index (κ2) is 15.7. The summed E-state index contributed by atoms with van der Waals surface area (Å²) in [6.45, 7) is 0.950. The molecule has 8 nitrogen and oxygen atoms in total. The number of halogens is 2. The highest BCUT2D eigenvalue weighted by Gasteiger charge is 2.34. The molecule has 4 aromatic carbocycles. The Morgan fingerprint density at radius 2 is 1.38 bits per heavy atom. The summed E-state index contributed by atoms with van der Waals surface area (Å²) in [5.74, 6) is 0.189. The Labute approximate surface area is 286 Å². The van der Waals surface area contributed by atoms with Crippen molar-refractivity contribution in [1.82, 2.24) is 10.2 Å². The van der Waals surface area contributed by atoms with Gasteiger partial charge in [-0.3, -0.25) is 13.9 Å². The van der Waals surface area contributed by atoms with Crippen LogP contribution in [0.5, 0.6) is 11.5 Å². The molecule has 0 radical (unpaired) electrons. The van der Waals surface area contributed by atoms with Gasteiger partial charge in [0.1, 0.15) is 24.1 Å². The van der Waals surface area contributed by atoms with Gasteiger partial charge in [-0.05, 0) is 80.4 Å². The fourth-order valence-electron chi connectivity index (χ4n) is 5.56. The number of carbonyl (C=O) groups excluding carboxylic acids is 2. The molecule has 1 atom stereocenters. The number of nitrogens with one attached hydrogen (secondary N) is 1. The number of carbonyl (C=O) groups is 2. The first-order valence-electron chi connectivity index (χ1n) is 15.6. The van der Waals surface area contributed by atoms with Gasteiger partial charge >= 0.3 is 0 Å². The molecule has 47 heavy (non-hydrogen) atoms. The van der Waals surface area contributed by atoms with Crippen LogP contribution in [0.1, 0.15) is 44.6 Å². The van der Waals surface area contributed by atoms with Gasteiger partial charge in [-0.25, -0.2) is 8.42 Å². The zero-order valence-electron chi connectivity index (χ0n) is 26.0. The van der Waals surface area contributed by atoms with E-state index in [1.165, 1.54) is 17.0 Å². The highest BCUT2D eigenvalue weighted by Crippen LogP contribution is 2.30. The van der Waals surface area contributed by atoms with Crippen molar-refractivity contribution in [2.24, 2.45) is 0 Å². The van der Waals surface area contributed by atoms with Crippen molar-refractivity contribution < 1.29 is 22.7 Å². The maximum Gasteiger partial charge on any atom is 0.264 e. The minimum atomic E-state index is -4.22. The van der Waals surface area contributed by atoms with E-state index in [4.69, 9.17) is 27.9 Å². The van der Waals surface area contributed by atoms with Crippen molar-refractivity contribution in [3.63, 3.8) is 0 Å². The van der Waals surface area contributed by atoms with Gasteiger partial charge < -0.3 is 15.0 Å². The Kier molecular flexibility index (Phi) is 11.4. The fraction of sp³-hybridized carbons (Fsp3) is 0.278. The summed E-state index contributed by atoms with van der Waals surface area (Å²) >= 11 is 13.0. The zero-order valence-corrected chi connectivity index (χ0v) is 28.3. The van der Waals surface area contributed by atoms with Crippen LogP contribution in [0.3, 0.4) is 0 Å². The van der Waals surface area contributed by atoms with E-state index in [9.17, 15) is 18.0 Å². The second-order valence-electron chi connectivity index (χ2n) is 11.5. The molecule has 5 rings (SSSR count). The molecule has 0 aliphatic heterocycles. The van der Waals surface area contributed by atoms with Crippen molar-refractivity contribution in [3.05, 3.63) is 119 Å². The smallest absolute Gasteiger partial charge is 0.264 e. The standard InChI is InChI=1S/C36H37Cl2N3O5S/c1-26(36(43)39-27-12-5-2-6-13-27)40(24-32-33(37)18-11-19-34(32)38)35(42)25-41(47(44,45)31-16-9-4-10-17-31)28-20-22-30(23-21-28)46-29-14-7-3-8-15-29/h3-4,7-11,14-23,26-27H,2,5-6,12-13,24-25H2,1H3,(H,39,43)/t26-/m0/s1. The monoisotopic (exact) mass is 693 g/mol. The van der Waals surface area contributed by atoms with Crippen LogP contribution in [0.15, 0.2) is 108 Å². The highest BCUT2D eigenvalue weighted by molar-refractivity contribution is 7.92. The first-order valence-corrected chi connectivity index (χ1v) is 17.8. The average molecular weight is 695 g/mol. The van der Waals surface area contributed by atoms with Crippen molar-refractivity contribution >= 4 is 50.7 Å². The van der Waals surface area contributed by atoms with Crippen molar-refractivity contribution in [2.75, 3.05) is 10.8 Å². The van der Waals surface area contributed by atoms with Crippen molar-refractivity contribution in [2.45, 2.75) is 62.6 Å². The van der Waals surface area contributed by atoms with Crippen LogP contribution in [0.25, 0.3) is 0 Å². The molecule has 1 aliphatic carbocycles. The first-order chi connectivity index (χ1) is 22.6. The van der Waals surface area contributed by atoms with E-state index in [1.54, 1.807) is 67.6 Å². The third-order valence-electron chi connectivity index (χ3n) is 8.22. The van der Waals surface area contributed by atoms with Gasteiger partial charge in [0.05, 0.1) is 10.6 Å². The lowest BCUT2D eigenvalue weighted by molar-refractivity contribution is -0.139. The predicted molar refractivity (Wildman–Crippen MR) is 185 cm³/mol. The fourth-order valence-corrected chi connectivity index (χ4v) is 7.51. The summed E-state index contributed by atoms with van der Waals surface area (Å²) < 4.78 is 35.1. The first kappa shape index (κ1) is 34.3. The molecule has 1 fully saturated rings. The van der Waals surface area contributed by atoms with E-state index in [0.29, 0.717) is 27.1 Å². The van der Waals surface area contributed by atoms with E-state index in [1.807, 2.05) is 30.3 Å². The molecule has 2 amide bonds. The Bertz CT molecular complexity index is 1750. The van der Waals surface area contributed by atoms with Gasteiger partial charge in [-0.2, -0.15) is 0 Å². The summed E-state index contributed by atoms with van der Waals surface area (Å²) in [5, 5.41) is 3.75. The van der Waals surface area contributed by atoms with E-state index in [0.717, 1.165) is 36.4 Å². The predicted octanol–water partition coefficient (Wildman–Crippen LogP) is 7.85. The van der Waals surface area contributed by atoms with Gasteiger partial charge in [0.15, 0.2) is 0 Å².